The number of hydrogen-bond donors (Lipinski definition) is 2. The first kappa shape index (κ1) is 11.6. The number of amides is 3. The van der Waals surface area contributed by atoms with Gasteiger partial charge in [-0.25, -0.2) is 9.69 Å². The lowest BCUT2D eigenvalue weighted by atomic mass is 10.1. The van der Waals surface area contributed by atoms with E-state index in [0.29, 0.717) is 18.7 Å². The molecule has 0 bridgehead atoms. The molecule has 17 heavy (non-hydrogen) atoms. The number of nitrogens with two attached hydrogens (primary N) is 1. The molecule has 1 aliphatic heterocycles. The van der Waals surface area contributed by atoms with Crippen molar-refractivity contribution in [1.82, 2.24) is 5.32 Å². The molecule has 0 radical (unpaired) electrons. The number of imide groups is 1. The summed E-state index contributed by atoms with van der Waals surface area (Å²) in [4.78, 5) is 24.8. The molecule has 1 heterocycles. The van der Waals surface area contributed by atoms with Crippen LogP contribution in [0.15, 0.2) is 24.3 Å². The van der Waals surface area contributed by atoms with Gasteiger partial charge in [-0.05, 0) is 24.1 Å². The van der Waals surface area contributed by atoms with E-state index in [0.717, 1.165) is 5.56 Å². The Morgan fingerprint density at radius 1 is 1.41 bits per heavy atom. The highest BCUT2D eigenvalue weighted by Gasteiger charge is 2.37. The number of nitrogens with zero attached hydrogens (tertiary/aromatic N) is 1. The molecule has 0 spiro atoms. The van der Waals surface area contributed by atoms with Crippen molar-refractivity contribution in [3.05, 3.63) is 29.8 Å². The van der Waals surface area contributed by atoms with Gasteiger partial charge in [0.2, 0.25) is 0 Å². The van der Waals surface area contributed by atoms with Gasteiger partial charge in [0.15, 0.2) is 0 Å². The molecule has 5 nitrogen and oxygen atoms in total. The van der Waals surface area contributed by atoms with Gasteiger partial charge in [-0.1, -0.05) is 19.1 Å². The molecule has 2 rings (SSSR count). The normalized spacial score (nSPS) is 19.6. The van der Waals surface area contributed by atoms with E-state index in [-0.39, 0.29) is 11.9 Å². The zero-order chi connectivity index (χ0) is 12.4. The molecule has 1 aromatic carbocycles. The van der Waals surface area contributed by atoms with E-state index in [9.17, 15) is 9.59 Å². The minimum Gasteiger partial charge on any atom is -0.326 e. The molecule has 90 valence electrons. The van der Waals surface area contributed by atoms with E-state index >= 15 is 0 Å². The average Bonchev–Trinajstić information content (AvgIpc) is 2.64. The summed E-state index contributed by atoms with van der Waals surface area (Å²) in [5, 5.41) is 2.65. The molecule has 0 aromatic heterocycles. The summed E-state index contributed by atoms with van der Waals surface area (Å²) in [7, 11) is 0. The van der Waals surface area contributed by atoms with Crippen LogP contribution >= 0.6 is 0 Å². The molecular formula is C12H15N3O2. The van der Waals surface area contributed by atoms with Gasteiger partial charge in [-0.3, -0.25) is 4.79 Å². The van der Waals surface area contributed by atoms with Crippen molar-refractivity contribution in [1.29, 1.82) is 0 Å². The highest BCUT2D eigenvalue weighted by Crippen LogP contribution is 2.21. The average molecular weight is 233 g/mol. The third-order valence-corrected chi connectivity index (χ3v) is 2.83. The smallest absolute Gasteiger partial charge is 0.326 e. The van der Waals surface area contributed by atoms with Crippen molar-refractivity contribution < 1.29 is 9.59 Å². The highest BCUT2D eigenvalue weighted by atomic mass is 16.2. The molecule has 1 aromatic rings. The maximum atomic E-state index is 12.0. The molecule has 5 heteroatoms. The van der Waals surface area contributed by atoms with Crippen LogP contribution in [0.3, 0.4) is 0 Å². The first-order chi connectivity index (χ1) is 8.17. The molecular weight excluding hydrogens is 218 g/mol. The minimum atomic E-state index is -0.413. The van der Waals surface area contributed by atoms with Gasteiger partial charge in [0.05, 0.1) is 5.69 Å². The Kier molecular flexibility index (Phi) is 3.10. The van der Waals surface area contributed by atoms with E-state index in [4.69, 9.17) is 5.73 Å². The van der Waals surface area contributed by atoms with Crippen LogP contribution in [0.4, 0.5) is 10.5 Å². The fraction of sp³-hybridized carbons (Fsp3) is 0.333. The lowest BCUT2D eigenvalue weighted by Gasteiger charge is -2.13. The molecule has 0 aliphatic carbocycles. The van der Waals surface area contributed by atoms with E-state index in [1.54, 1.807) is 18.2 Å². The zero-order valence-corrected chi connectivity index (χ0v) is 9.64. The van der Waals surface area contributed by atoms with Gasteiger partial charge in [-0.2, -0.15) is 0 Å². The Balaban J connectivity index is 2.33. The Hall–Kier alpha value is -1.88. The molecule has 1 unspecified atom stereocenters. The quantitative estimate of drug-likeness (QED) is 0.764. The lowest BCUT2D eigenvalue weighted by Crippen LogP contribution is -2.31. The molecule has 3 N–H and O–H groups in total. The van der Waals surface area contributed by atoms with Crippen LogP contribution in [-0.4, -0.2) is 18.0 Å². The van der Waals surface area contributed by atoms with Crippen LogP contribution in [0.25, 0.3) is 0 Å². The number of hydrogen-bond acceptors (Lipinski definition) is 3. The van der Waals surface area contributed by atoms with E-state index in [2.05, 4.69) is 5.32 Å². The summed E-state index contributed by atoms with van der Waals surface area (Å²) in [6.07, 6.45) is 0.595. The SMILES string of the molecule is CCC1NC(=O)N(c2cccc(CN)c2)C1=O. The maximum absolute atomic E-state index is 12.0. The van der Waals surface area contributed by atoms with E-state index in [1.807, 2.05) is 13.0 Å². The standard InChI is InChI=1S/C12H15N3O2/c1-2-10-11(16)15(12(17)14-10)9-5-3-4-8(6-9)7-13/h3-6,10H,2,7,13H2,1H3,(H,14,17). The number of anilines is 1. The van der Waals surface area contributed by atoms with Crippen molar-refractivity contribution in [3.63, 3.8) is 0 Å². The fourth-order valence-electron chi connectivity index (χ4n) is 1.87. The van der Waals surface area contributed by atoms with Crippen molar-refractivity contribution in [2.75, 3.05) is 4.90 Å². The molecule has 1 atom stereocenters. The molecule has 0 saturated carbocycles. The molecule has 1 aliphatic rings. The Bertz CT molecular complexity index is 459. The molecule has 3 amide bonds. The van der Waals surface area contributed by atoms with Crippen LogP contribution in [0, 0.1) is 0 Å². The van der Waals surface area contributed by atoms with Crippen LogP contribution < -0.4 is 16.0 Å². The highest BCUT2D eigenvalue weighted by molar-refractivity contribution is 6.21. The Morgan fingerprint density at radius 2 is 2.18 bits per heavy atom. The topological polar surface area (TPSA) is 75.4 Å². The van der Waals surface area contributed by atoms with Crippen LogP contribution in [0.5, 0.6) is 0 Å². The van der Waals surface area contributed by atoms with E-state index in [1.165, 1.54) is 4.90 Å². The summed E-state index contributed by atoms with van der Waals surface area (Å²) in [5.41, 5.74) is 7.00. The van der Waals surface area contributed by atoms with Crippen LogP contribution in [0.1, 0.15) is 18.9 Å². The van der Waals surface area contributed by atoms with Gasteiger partial charge < -0.3 is 11.1 Å². The number of rotatable bonds is 3. The second-order valence-electron chi connectivity index (χ2n) is 3.96. The van der Waals surface area contributed by atoms with Crippen molar-refractivity contribution in [2.24, 2.45) is 5.73 Å². The third-order valence-electron chi connectivity index (χ3n) is 2.83. The monoisotopic (exact) mass is 233 g/mol. The second kappa shape index (κ2) is 4.55. The van der Waals surface area contributed by atoms with Crippen molar-refractivity contribution in [2.45, 2.75) is 25.9 Å². The number of nitrogens with one attached hydrogen (secondary N) is 1. The molecule has 1 fully saturated rings. The summed E-state index contributed by atoms with van der Waals surface area (Å²) < 4.78 is 0. The summed E-state index contributed by atoms with van der Waals surface area (Å²) in [6, 6.07) is 6.36. The summed E-state index contributed by atoms with van der Waals surface area (Å²) in [6.45, 7) is 2.25. The maximum Gasteiger partial charge on any atom is 0.329 e. The first-order valence-corrected chi connectivity index (χ1v) is 5.60. The second-order valence-corrected chi connectivity index (χ2v) is 3.96. The minimum absolute atomic E-state index is 0.202. The zero-order valence-electron chi connectivity index (χ0n) is 9.64. The summed E-state index contributed by atoms with van der Waals surface area (Å²) >= 11 is 0. The van der Waals surface area contributed by atoms with Crippen molar-refractivity contribution in [3.8, 4) is 0 Å². The van der Waals surface area contributed by atoms with Gasteiger partial charge in [0, 0.05) is 6.54 Å². The fourth-order valence-corrected chi connectivity index (χ4v) is 1.87. The number of carbonyl (C=O) groups excluding carboxylic acids is 2. The number of urea groups is 1. The van der Waals surface area contributed by atoms with E-state index < -0.39 is 6.04 Å². The van der Waals surface area contributed by atoms with Crippen molar-refractivity contribution >= 4 is 17.6 Å². The van der Waals surface area contributed by atoms with Crippen LogP contribution in [0.2, 0.25) is 0 Å². The largest absolute Gasteiger partial charge is 0.329 e. The number of benzene rings is 1. The van der Waals surface area contributed by atoms with Gasteiger partial charge in [0.1, 0.15) is 6.04 Å². The Labute approximate surface area is 99.6 Å². The number of carbonyl (C=O) groups is 2. The molecule has 1 saturated heterocycles. The van der Waals surface area contributed by atoms with Gasteiger partial charge in [-0.15, -0.1) is 0 Å². The predicted octanol–water partition coefficient (Wildman–Crippen LogP) is 0.980. The first-order valence-electron chi connectivity index (χ1n) is 5.60. The van der Waals surface area contributed by atoms with Gasteiger partial charge >= 0.3 is 6.03 Å². The van der Waals surface area contributed by atoms with Gasteiger partial charge in [0.25, 0.3) is 5.91 Å². The Morgan fingerprint density at radius 3 is 2.76 bits per heavy atom. The van der Waals surface area contributed by atoms with Crippen LogP contribution in [-0.2, 0) is 11.3 Å². The third kappa shape index (κ3) is 2.01. The lowest BCUT2D eigenvalue weighted by molar-refractivity contribution is -0.118. The predicted molar refractivity (Wildman–Crippen MR) is 64.4 cm³/mol. The summed E-state index contributed by atoms with van der Waals surface area (Å²) in [5.74, 6) is -0.202.